The predicted molar refractivity (Wildman–Crippen MR) is 99.6 cm³/mol. The third kappa shape index (κ3) is 5.27. The number of carboxylic acids is 1. The molecular formula is C19H20N2O3S. The maximum Gasteiger partial charge on any atom is 0.303 e. The van der Waals surface area contributed by atoms with E-state index < -0.39 is 5.97 Å². The number of hydrogen-bond donors (Lipinski definition) is 2. The van der Waals surface area contributed by atoms with E-state index in [0.717, 1.165) is 35.5 Å². The number of fused-ring (bicyclic) bond motifs is 1. The molecule has 0 unspecified atom stereocenters. The van der Waals surface area contributed by atoms with Crippen molar-refractivity contribution in [3.8, 4) is 10.9 Å². The molecule has 0 bridgehead atoms. The van der Waals surface area contributed by atoms with Crippen LogP contribution in [-0.4, -0.2) is 29.1 Å². The van der Waals surface area contributed by atoms with Crippen LogP contribution < -0.4 is 10.1 Å². The van der Waals surface area contributed by atoms with Crippen LogP contribution in [0.25, 0.3) is 10.2 Å². The van der Waals surface area contributed by atoms with E-state index in [1.165, 1.54) is 16.9 Å². The summed E-state index contributed by atoms with van der Waals surface area (Å²) >= 11 is 1.53. The van der Waals surface area contributed by atoms with Crippen LogP contribution >= 0.6 is 11.3 Å². The first-order chi connectivity index (χ1) is 12.2. The lowest BCUT2D eigenvalue weighted by Crippen LogP contribution is -2.19. The molecule has 0 aliphatic carbocycles. The van der Waals surface area contributed by atoms with Gasteiger partial charge < -0.3 is 15.2 Å². The maximum atomic E-state index is 10.4. The van der Waals surface area contributed by atoms with Gasteiger partial charge in [-0.05, 0) is 55.8 Å². The molecule has 25 heavy (non-hydrogen) atoms. The van der Waals surface area contributed by atoms with Gasteiger partial charge in [0.1, 0.15) is 5.75 Å². The Morgan fingerprint density at radius 3 is 2.68 bits per heavy atom. The van der Waals surface area contributed by atoms with Gasteiger partial charge in [0.05, 0.1) is 10.2 Å². The lowest BCUT2D eigenvalue weighted by molar-refractivity contribution is -0.137. The molecule has 2 aromatic carbocycles. The van der Waals surface area contributed by atoms with E-state index in [9.17, 15) is 4.79 Å². The molecule has 0 aliphatic heterocycles. The molecule has 0 atom stereocenters. The van der Waals surface area contributed by atoms with E-state index >= 15 is 0 Å². The lowest BCUT2D eigenvalue weighted by atomic mass is 10.1. The third-order valence-electron chi connectivity index (χ3n) is 3.74. The summed E-state index contributed by atoms with van der Waals surface area (Å²) in [6.07, 6.45) is 1.77. The number of rotatable bonds is 9. The zero-order valence-corrected chi connectivity index (χ0v) is 14.6. The van der Waals surface area contributed by atoms with Crippen molar-refractivity contribution in [2.24, 2.45) is 0 Å². The first-order valence-electron chi connectivity index (χ1n) is 8.25. The van der Waals surface area contributed by atoms with Crippen LogP contribution in [-0.2, 0) is 11.2 Å². The molecule has 0 saturated heterocycles. The van der Waals surface area contributed by atoms with Gasteiger partial charge in [0.25, 0.3) is 5.19 Å². The number of aromatic nitrogens is 1. The van der Waals surface area contributed by atoms with E-state index in [1.807, 2.05) is 48.5 Å². The van der Waals surface area contributed by atoms with Crippen molar-refractivity contribution in [2.75, 3.05) is 13.1 Å². The second kappa shape index (κ2) is 8.60. The maximum absolute atomic E-state index is 10.4. The summed E-state index contributed by atoms with van der Waals surface area (Å²) in [6.45, 7) is 1.56. The number of ether oxygens (including phenoxy) is 1. The number of carbonyl (C=O) groups is 1. The second-order valence-electron chi connectivity index (χ2n) is 5.69. The van der Waals surface area contributed by atoms with Gasteiger partial charge in [-0.15, -0.1) is 0 Å². The molecule has 0 amide bonds. The number of aliphatic carboxylic acids is 1. The molecule has 1 heterocycles. The average molecular weight is 356 g/mol. The first-order valence-corrected chi connectivity index (χ1v) is 9.07. The molecule has 1 aromatic heterocycles. The molecule has 5 nitrogen and oxygen atoms in total. The van der Waals surface area contributed by atoms with Crippen molar-refractivity contribution < 1.29 is 14.6 Å². The summed E-state index contributed by atoms with van der Waals surface area (Å²) in [7, 11) is 0. The van der Waals surface area contributed by atoms with Crippen LogP contribution in [0.15, 0.2) is 48.5 Å². The molecule has 130 valence electrons. The Morgan fingerprint density at radius 2 is 1.92 bits per heavy atom. The molecule has 0 spiro atoms. The number of carboxylic acid groups (broad SMARTS) is 1. The van der Waals surface area contributed by atoms with Crippen molar-refractivity contribution in [3.63, 3.8) is 0 Å². The van der Waals surface area contributed by atoms with E-state index in [-0.39, 0.29) is 6.42 Å². The van der Waals surface area contributed by atoms with Crippen molar-refractivity contribution >= 4 is 27.5 Å². The standard InChI is InChI=1S/C19H20N2O3S/c22-18(23)6-3-12-20-13-11-14-7-9-15(10-8-14)24-19-21-16-4-1-2-5-17(16)25-19/h1-2,4-5,7-10,20H,3,6,11-13H2,(H,22,23). The second-order valence-corrected chi connectivity index (χ2v) is 6.68. The van der Waals surface area contributed by atoms with Crippen molar-refractivity contribution in [1.29, 1.82) is 0 Å². The molecule has 6 heteroatoms. The summed E-state index contributed by atoms with van der Waals surface area (Å²) in [5.41, 5.74) is 2.16. The van der Waals surface area contributed by atoms with Crippen LogP contribution in [0.5, 0.6) is 10.9 Å². The Balaban J connectivity index is 1.46. The highest BCUT2D eigenvalue weighted by molar-refractivity contribution is 7.20. The molecule has 0 radical (unpaired) electrons. The minimum absolute atomic E-state index is 0.213. The zero-order valence-electron chi connectivity index (χ0n) is 13.8. The normalized spacial score (nSPS) is 10.9. The van der Waals surface area contributed by atoms with Gasteiger partial charge in [0.2, 0.25) is 0 Å². The van der Waals surface area contributed by atoms with Crippen molar-refractivity contribution in [3.05, 3.63) is 54.1 Å². The van der Waals surface area contributed by atoms with Gasteiger partial charge in [0.15, 0.2) is 0 Å². The highest BCUT2D eigenvalue weighted by atomic mass is 32.1. The van der Waals surface area contributed by atoms with Gasteiger partial charge >= 0.3 is 5.97 Å². The fourth-order valence-corrected chi connectivity index (χ4v) is 3.28. The van der Waals surface area contributed by atoms with Gasteiger partial charge in [-0.1, -0.05) is 35.6 Å². The largest absolute Gasteiger partial charge is 0.481 e. The SMILES string of the molecule is O=C(O)CCCNCCc1ccc(Oc2nc3ccccc3s2)cc1. The number of hydrogen-bond acceptors (Lipinski definition) is 5. The number of para-hydroxylation sites is 1. The first kappa shape index (κ1) is 17.4. The van der Waals surface area contributed by atoms with Crippen LogP contribution in [0.3, 0.4) is 0 Å². The predicted octanol–water partition coefficient (Wildman–Crippen LogP) is 4.09. The average Bonchev–Trinajstić information content (AvgIpc) is 3.01. The van der Waals surface area contributed by atoms with Crippen LogP contribution in [0.1, 0.15) is 18.4 Å². The smallest absolute Gasteiger partial charge is 0.303 e. The van der Waals surface area contributed by atoms with Gasteiger partial charge in [-0.2, -0.15) is 0 Å². The van der Waals surface area contributed by atoms with Crippen molar-refractivity contribution in [1.82, 2.24) is 10.3 Å². The summed E-state index contributed by atoms with van der Waals surface area (Å²) in [4.78, 5) is 14.9. The third-order valence-corrected chi connectivity index (χ3v) is 4.65. The van der Waals surface area contributed by atoms with Gasteiger partial charge in [-0.25, -0.2) is 4.98 Å². The zero-order chi connectivity index (χ0) is 17.5. The van der Waals surface area contributed by atoms with Crippen LogP contribution in [0, 0.1) is 0 Å². The molecule has 0 fully saturated rings. The molecular weight excluding hydrogens is 336 g/mol. The molecule has 2 N–H and O–H groups in total. The number of benzene rings is 2. The Hall–Kier alpha value is -2.44. The number of nitrogens with one attached hydrogen (secondary N) is 1. The fraction of sp³-hybridized carbons (Fsp3) is 0.263. The summed E-state index contributed by atoms with van der Waals surface area (Å²) in [6, 6.07) is 16.0. The molecule has 3 aromatic rings. The Morgan fingerprint density at radius 1 is 1.12 bits per heavy atom. The molecule has 0 aliphatic rings. The van der Waals surface area contributed by atoms with Crippen molar-refractivity contribution in [2.45, 2.75) is 19.3 Å². The van der Waals surface area contributed by atoms with Crippen LogP contribution in [0.2, 0.25) is 0 Å². The monoisotopic (exact) mass is 356 g/mol. The summed E-state index contributed by atoms with van der Waals surface area (Å²) < 4.78 is 6.95. The molecule has 0 saturated carbocycles. The van der Waals surface area contributed by atoms with Gasteiger partial charge in [-0.3, -0.25) is 4.79 Å². The quantitative estimate of drug-likeness (QED) is 0.565. The Labute approximate surface area is 150 Å². The summed E-state index contributed by atoms with van der Waals surface area (Å²) in [5.74, 6) is 0.0303. The highest BCUT2D eigenvalue weighted by Gasteiger charge is 2.05. The lowest BCUT2D eigenvalue weighted by Gasteiger charge is -2.06. The fourth-order valence-electron chi connectivity index (χ4n) is 2.44. The molecule has 3 rings (SSSR count). The van der Waals surface area contributed by atoms with E-state index in [4.69, 9.17) is 9.84 Å². The Kier molecular flexibility index (Phi) is 5.98. The number of nitrogens with zero attached hydrogens (tertiary/aromatic N) is 1. The van der Waals surface area contributed by atoms with E-state index in [1.54, 1.807) is 0 Å². The number of thiazole rings is 1. The summed E-state index contributed by atoms with van der Waals surface area (Å²) in [5, 5.41) is 12.5. The van der Waals surface area contributed by atoms with E-state index in [2.05, 4.69) is 10.3 Å². The van der Waals surface area contributed by atoms with Crippen LogP contribution in [0.4, 0.5) is 0 Å². The topological polar surface area (TPSA) is 71.5 Å². The minimum atomic E-state index is -0.745. The highest BCUT2D eigenvalue weighted by Crippen LogP contribution is 2.31. The van der Waals surface area contributed by atoms with E-state index in [0.29, 0.717) is 11.6 Å². The minimum Gasteiger partial charge on any atom is -0.481 e. The van der Waals surface area contributed by atoms with Gasteiger partial charge in [0, 0.05) is 6.42 Å². The Bertz CT molecular complexity index is 797.